The van der Waals surface area contributed by atoms with Crippen molar-refractivity contribution >= 4 is 82.9 Å². The van der Waals surface area contributed by atoms with Crippen molar-refractivity contribution in [1.29, 1.82) is 0 Å². The van der Waals surface area contributed by atoms with Crippen LogP contribution in [-0.4, -0.2) is 167 Å². The van der Waals surface area contributed by atoms with E-state index in [1.807, 2.05) is 12.1 Å². The molecule has 3 aliphatic rings. The first-order chi connectivity index (χ1) is 43.8. The number of hydrogen-bond donors (Lipinski definition) is 15. The van der Waals surface area contributed by atoms with E-state index in [9.17, 15) is 72.9 Å². The summed E-state index contributed by atoms with van der Waals surface area (Å²) in [6.07, 6.45) is 2.61. The molecule has 2 saturated carbocycles. The molecule has 3 aromatic rings. The lowest BCUT2D eigenvalue weighted by Crippen LogP contribution is -2.58. The lowest BCUT2D eigenvalue weighted by Gasteiger charge is -2.48. The lowest BCUT2D eigenvalue weighted by atomic mass is 9.55. The number of carboxylic acid groups (broad SMARTS) is 3. The number of aliphatic imine (C=N–C) groups is 2. The highest BCUT2D eigenvalue weighted by Gasteiger charge is 2.54. The van der Waals surface area contributed by atoms with E-state index < -0.39 is 134 Å². The van der Waals surface area contributed by atoms with Gasteiger partial charge in [0.1, 0.15) is 47.8 Å². The number of ether oxygens (including phenoxy) is 1. The molecule has 3 aromatic carbocycles. The molecule has 496 valence electrons. The first kappa shape index (κ1) is 70.9. The van der Waals surface area contributed by atoms with E-state index in [0.29, 0.717) is 46.8 Å². The van der Waals surface area contributed by atoms with Crippen LogP contribution in [0.4, 0.5) is 0 Å². The minimum atomic E-state index is -1.88. The quantitative estimate of drug-likeness (QED) is 0.0177. The number of fused-ring (bicyclic) bond motifs is 5. The second-order valence-electron chi connectivity index (χ2n) is 23.3. The number of nitrogens with zero attached hydrogens (tertiary/aromatic N) is 2. The first-order valence-electron chi connectivity index (χ1n) is 30.3. The van der Waals surface area contributed by atoms with Crippen molar-refractivity contribution in [2.24, 2.45) is 50.2 Å². The number of aryl methyl sites for hydroxylation is 1. The molecule has 2 fully saturated rings. The Morgan fingerprint density at radius 2 is 1.04 bits per heavy atom. The highest BCUT2D eigenvalue weighted by molar-refractivity contribution is 5.98. The van der Waals surface area contributed by atoms with Crippen LogP contribution in [0.15, 0.2) is 88.8 Å². The van der Waals surface area contributed by atoms with Gasteiger partial charge in [-0.1, -0.05) is 73.7 Å². The van der Waals surface area contributed by atoms with Crippen molar-refractivity contribution < 1.29 is 77.6 Å². The average molecular weight is 1280 g/mol. The Kier molecular flexibility index (Phi) is 26.3. The van der Waals surface area contributed by atoms with Crippen LogP contribution in [0.5, 0.6) is 5.75 Å². The predicted molar refractivity (Wildman–Crippen MR) is 331 cm³/mol. The molecule has 0 bridgehead atoms. The fourth-order valence-electron chi connectivity index (χ4n) is 12.1. The number of carbonyl (C=O) groups excluding carboxylic acids is 9. The Balaban J connectivity index is 1.08. The molecule has 3 aliphatic carbocycles. The molecule has 30 nitrogen and oxygen atoms in total. The Bertz CT molecular complexity index is 3230. The molecule has 19 N–H and O–H groups in total. The van der Waals surface area contributed by atoms with Crippen LogP contribution in [0.1, 0.15) is 106 Å². The number of nitrogens with one attached hydrogen (secondary N) is 8. The molecule has 8 amide bonds. The molecule has 0 heterocycles. The smallest absolute Gasteiger partial charge is 0.326 e. The van der Waals surface area contributed by atoms with Crippen LogP contribution in [0.3, 0.4) is 0 Å². The summed E-state index contributed by atoms with van der Waals surface area (Å²) in [4.78, 5) is 166. The third-order valence-corrected chi connectivity index (χ3v) is 16.7. The summed E-state index contributed by atoms with van der Waals surface area (Å²) in [5.41, 5.74) is 25.0. The van der Waals surface area contributed by atoms with Gasteiger partial charge < -0.3 is 85.5 Å². The fourth-order valence-corrected chi connectivity index (χ4v) is 12.1. The number of Topliss-reactive ketones (excluding diaryl/α,β-unsaturated/α-hetero) is 1. The number of rotatable bonds is 35. The number of carboxylic acids is 3. The Labute approximate surface area is 530 Å². The van der Waals surface area contributed by atoms with Gasteiger partial charge in [-0.3, -0.25) is 62.7 Å². The van der Waals surface area contributed by atoms with E-state index in [2.05, 4.69) is 59.4 Å². The second-order valence-corrected chi connectivity index (χ2v) is 23.3. The number of nitrogens with two attached hydrogens (primary N) is 4. The summed E-state index contributed by atoms with van der Waals surface area (Å²) in [5.74, 6) is -11.1. The SMILES string of the molecule is C[C@]12CC[C@@H]3c4ccc(OCC(=O)N[C@@H](CCCN=C(N)N)C(=O)NCC(=O)N[C@@H](CC(=O)O)C(=O)N[C@@H](Cc5ccccc5)C(=O)N[C@@H](CCCN=C(N)N)C(=O)NCC(=O)N[C@@H](CC(=O)O)C(=O)N[C@@H](Cc5ccccc5)C(=O)O)cc4CC[C@H]3[C@@H]1CCC2=O. The van der Waals surface area contributed by atoms with Gasteiger partial charge in [-0.15, -0.1) is 0 Å². The standard InChI is InChI=1S/C62H82N14O16/c1-62-23-22-39-38-19-17-37(28-36(38)16-18-40(39)41(62)20-21-48(62)77)92-33-51(80)71-42(14-8-24-67-60(63)64)54(85)69-31-49(78)72-45(29-52(81)82)57(88)75-44(26-34-10-4-2-5-11-34)56(87)74-43(15-9-25-68-61(65)66)55(86)70-32-50(79)73-46(30-53(83)84)58(89)76-47(59(90)91)27-35-12-6-3-7-13-35/h2-7,10-13,17,19,28,39-47H,8-9,14-16,18,20-27,29-33H2,1H3,(H,69,85)(H,70,86)(H,71,80)(H,72,78)(H,73,79)(H,74,87)(H,75,88)(H,76,89)(H,81,82)(H,83,84)(H,90,91)(H4,63,64,67)(H4,65,66,68)/t39-,40-,41+,42+,43+,44+,45+,46+,47+,62+/m1/s1. The zero-order valence-corrected chi connectivity index (χ0v) is 51.0. The summed E-state index contributed by atoms with van der Waals surface area (Å²) in [5, 5.41) is 48.2. The number of aliphatic carboxylic acids is 3. The van der Waals surface area contributed by atoms with Gasteiger partial charge in [-0.05, 0) is 110 Å². The molecule has 92 heavy (non-hydrogen) atoms. The molecule has 30 heteroatoms. The van der Waals surface area contributed by atoms with E-state index in [-0.39, 0.29) is 68.9 Å². The normalized spacial score (nSPS) is 18.8. The van der Waals surface area contributed by atoms with Gasteiger partial charge in [0.25, 0.3) is 5.91 Å². The maximum atomic E-state index is 14.3. The van der Waals surface area contributed by atoms with Gasteiger partial charge in [0, 0.05) is 37.8 Å². The van der Waals surface area contributed by atoms with Crippen molar-refractivity contribution in [3.05, 3.63) is 101 Å². The van der Waals surface area contributed by atoms with E-state index in [4.69, 9.17) is 27.7 Å². The van der Waals surface area contributed by atoms with Crippen LogP contribution >= 0.6 is 0 Å². The molecule has 0 aliphatic heterocycles. The first-order valence-corrected chi connectivity index (χ1v) is 30.3. The zero-order valence-electron chi connectivity index (χ0n) is 51.0. The van der Waals surface area contributed by atoms with Gasteiger partial charge in [-0.2, -0.15) is 0 Å². The molecule has 0 radical (unpaired) electrons. The summed E-state index contributed by atoms with van der Waals surface area (Å²) in [6.45, 7) is -0.0657. The van der Waals surface area contributed by atoms with Gasteiger partial charge in [0.05, 0.1) is 25.9 Å². The summed E-state index contributed by atoms with van der Waals surface area (Å²) >= 11 is 0. The molecule has 0 saturated heterocycles. The van der Waals surface area contributed by atoms with Crippen molar-refractivity contribution in [2.45, 2.75) is 139 Å². The maximum Gasteiger partial charge on any atom is 0.326 e. The van der Waals surface area contributed by atoms with E-state index in [1.54, 1.807) is 66.7 Å². The molecule has 0 unspecified atom stereocenters. The summed E-state index contributed by atoms with van der Waals surface area (Å²) in [6, 6.07) is 12.5. The monoisotopic (exact) mass is 1280 g/mol. The zero-order chi connectivity index (χ0) is 67.1. The lowest BCUT2D eigenvalue weighted by molar-refractivity contribution is -0.143. The second kappa shape index (κ2) is 34.1. The van der Waals surface area contributed by atoms with Crippen LogP contribution in [-0.2, 0) is 76.8 Å². The van der Waals surface area contributed by atoms with Crippen molar-refractivity contribution in [2.75, 3.05) is 32.8 Å². The average Bonchev–Trinajstić information content (AvgIpc) is 1.44. The summed E-state index contributed by atoms with van der Waals surface area (Å²) in [7, 11) is 0. The highest BCUT2D eigenvalue weighted by Crippen LogP contribution is 2.59. The van der Waals surface area contributed by atoms with Crippen LogP contribution in [0.2, 0.25) is 0 Å². The topological polar surface area (TPSA) is 500 Å². The third-order valence-electron chi connectivity index (χ3n) is 16.7. The van der Waals surface area contributed by atoms with Gasteiger partial charge >= 0.3 is 17.9 Å². The fraction of sp³-hybridized carbons (Fsp3) is 0.484. The number of guanidine groups is 2. The number of benzene rings is 3. The number of ketones is 1. The van der Waals surface area contributed by atoms with E-state index >= 15 is 0 Å². The molecule has 0 spiro atoms. The molecule has 0 aromatic heterocycles. The number of hydrogen-bond acceptors (Lipinski definition) is 15. The van der Waals surface area contributed by atoms with E-state index in [1.165, 1.54) is 5.56 Å². The van der Waals surface area contributed by atoms with Gasteiger partial charge in [0.15, 0.2) is 18.5 Å². The predicted octanol–water partition coefficient (Wildman–Crippen LogP) is -1.74. The molecular formula is C62H82N14O16. The van der Waals surface area contributed by atoms with Crippen molar-refractivity contribution in [1.82, 2.24) is 42.5 Å². The van der Waals surface area contributed by atoms with E-state index in [0.717, 1.165) is 37.7 Å². The Morgan fingerprint density at radius 3 is 1.55 bits per heavy atom. The van der Waals surface area contributed by atoms with Crippen LogP contribution in [0, 0.1) is 17.3 Å². The van der Waals surface area contributed by atoms with Crippen molar-refractivity contribution in [3.63, 3.8) is 0 Å². The highest BCUT2D eigenvalue weighted by atomic mass is 16.5. The molecule has 6 rings (SSSR count). The molecule has 10 atom stereocenters. The van der Waals surface area contributed by atoms with Gasteiger partial charge in [-0.25, -0.2) is 4.79 Å². The minimum Gasteiger partial charge on any atom is -0.484 e. The number of carbonyl (C=O) groups is 12. The largest absolute Gasteiger partial charge is 0.484 e. The minimum absolute atomic E-state index is 0.0186. The van der Waals surface area contributed by atoms with Crippen molar-refractivity contribution in [3.8, 4) is 5.75 Å². The third kappa shape index (κ3) is 21.5. The van der Waals surface area contributed by atoms with Crippen LogP contribution in [0.25, 0.3) is 0 Å². The van der Waals surface area contributed by atoms with Crippen LogP contribution < -0.4 is 70.2 Å². The maximum absolute atomic E-state index is 14.3. The molecular weight excluding hydrogens is 1200 g/mol. The van der Waals surface area contributed by atoms with Gasteiger partial charge in [0.2, 0.25) is 41.4 Å². The Hall–Kier alpha value is -10.2. The number of amides is 8. The summed E-state index contributed by atoms with van der Waals surface area (Å²) < 4.78 is 5.90. The Morgan fingerprint density at radius 1 is 0.565 bits per heavy atom.